The Bertz CT molecular complexity index is 1330. The van der Waals surface area contributed by atoms with Crippen molar-refractivity contribution in [3.8, 4) is 11.1 Å². The summed E-state index contributed by atoms with van der Waals surface area (Å²) < 4.78 is 18.5. The van der Waals surface area contributed by atoms with Crippen LogP contribution in [0.3, 0.4) is 0 Å². The Hall–Kier alpha value is -3.35. The number of amides is 1. The Balaban J connectivity index is 1.29. The van der Waals surface area contributed by atoms with Gasteiger partial charge in [-0.1, -0.05) is 92.7 Å². The summed E-state index contributed by atoms with van der Waals surface area (Å²) in [5.41, 5.74) is 7.00. The van der Waals surface area contributed by atoms with Crippen LogP contribution >= 0.6 is 0 Å². The summed E-state index contributed by atoms with van der Waals surface area (Å²) in [6, 6.07) is 25.2. The predicted octanol–water partition coefficient (Wildman–Crippen LogP) is 7.44. The number of carbonyl (C=O) groups is 1. The molecule has 0 atom stereocenters. The molecule has 3 aromatic carbocycles. The number of benzene rings is 3. The summed E-state index contributed by atoms with van der Waals surface area (Å²) >= 11 is 0. The number of rotatable bonds is 8. The minimum atomic E-state index is -0.575. The Kier molecular flexibility index (Phi) is 7.94. The third-order valence-electron chi connectivity index (χ3n) is 8.31. The molecule has 0 saturated carbocycles. The first kappa shape index (κ1) is 28.2. The standard InChI is InChI=1S/C34H40BNO4/c1-23(2)19-24-15-17-25(18-16-24)20-26(35-39-33(3,4)34(5,6)40-35)21-36-32(37)38-22-31-29-13-9-7-11-27(29)28-12-8-10-14-30(28)31/h7-18,20,23,31H,19,21-22H2,1-6H3,(H,36,37). The number of nitrogens with one attached hydrogen (secondary N) is 1. The van der Waals surface area contributed by atoms with Gasteiger partial charge in [-0.25, -0.2) is 4.79 Å². The summed E-state index contributed by atoms with van der Waals surface area (Å²) in [4.78, 5) is 13.0. The van der Waals surface area contributed by atoms with Gasteiger partial charge in [0.1, 0.15) is 6.61 Å². The lowest BCUT2D eigenvalue weighted by Crippen LogP contribution is -2.41. The summed E-state index contributed by atoms with van der Waals surface area (Å²) in [6.07, 6.45) is 2.62. The van der Waals surface area contributed by atoms with E-state index in [1.807, 2.05) is 58.0 Å². The van der Waals surface area contributed by atoms with Crippen LogP contribution in [0.25, 0.3) is 17.2 Å². The third kappa shape index (κ3) is 5.89. The first-order valence-corrected chi connectivity index (χ1v) is 14.3. The molecule has 6 heteroatoms. The van der Waals surface area contributed by atoms with Crippen LogP contribution in [0.2, 0.25) is 0 Å². The van der Waals surface area contributed by atoms with Crippen LogP contribution in [-0.2, 0) is 20.5 Å². The first-order valence-electron chi connectivity index (χ1n) is 14.3. The van der Waals surface area contributed by atoms with Gasteiger partial charge in [0.05, 0.1) is 11.2 Å². The average molecular weight is 538 g/mol. The fourth-order valence-electron chi connectivity index (χ4n) is 5.46. The van der Waals surface area contributed by atoms with E-state index in [0.717, 1.165) is 17.5 Å². The summed E-state index contributed by atoms with van der Waals surface area (Å²) in [7, 11) is -0.575. The molecule has 0 unspecified atom stereocenters. The second kappa shape index (κ2) is 11.3. The SMILES string of the molecule is CC(C)Cc1ccc(C=C(CNC(=O)OCC2c3ccccc3-c3ccccc32)B2OC(C)(C)C(C)(C)O2)cc1. The quantitative estimate of drug-likeness (QED) is 0.304. The largest absolute Gasteiger partial charge is 0.492 e. The second-order valence-corrected chi connectivity index (χ2v) is 12.3. The van der Waals surface area contributed by atoms with Crippen LogP contribution in [0.15, 0.2) is 78.3 Å². The van der Waals surface area contributed by atoms with Crippen molar-refractivity contribution < 1.29 is 18.8 Å². The number of ether oxygens (including phenoxy) is 1. The van der Waals surface area contributed by atoms with Crippen LogP contribution in [0.4, 0.5) is 4.79 Å². The van der Waals surface area contributed by atoms with Gasteiger partial charge in [-0.05, 0) is 78.9 Å². The molecule has 0 bridgehead atoms. The van der Waals surface area contributed by atoms with E-state index in [9.17, 15) is 4.79 Å². The Morgan fingerprint density at radius 1 is 0.900 bits per heavy atom. The lowest BCUT2D eigenvalue weighted by atomic mass is 9.77. The lowest BCUT2D eigenvalue weighted by molar-refractivity contribution is 0.00578. The van der Waals surface area contributed by atoms with Crippen molar-refractivity contribution in [1.82, 2.24) is 5.32 Å². The van der Waals surface area contributed by atoms with Crippen molar-refractivity contribution in [2.45, 2.75) is 65.1 Å². The number of alkyl carbamates (subject to hydrolysis) is 1. The average Bonchev–Trinajstić information content (AvgIpc) is 3.35. The lowest BCUT2D eigenvalue weighted by Gasteiger charge is -2.32. The maximum atomic E-state index is 13.0. The van der Waals surface area contributed by atoms with Gasteiger partial charge in [-0.2, -0.15) is 0 Å². The molecule has 0 spiro atoms. The Labute approximate surface area is 239 Å². The van der Waals surface area contributed by atoms with E-state index in [2.05, 4.69) is 67.7 Å². The predicted molar refractivity (Wildman–Crippen MR) is 162 cm³/mol. The summed E-state index contributed by atoms with van der Waals surface area (Å²) in [5, 5.41) is 2.95. The molecule has 5 rings (SSSR count). The number of hydrogen-bond donors (Lipinski definition) is 1. The molecule has 1 fully saturated rings. The van der Waals surface area contributed by atoms with Crippen LogP contribution in [0.1, 0.15) is 69.7 Å². The molecule has 1 N–H and O–H groups in total. The van der Waals surface area contributed by atoms with Crippen molar-refractivity contribution >= 4 is 19.3 Å². The molecule has 1 saturated heterocycles. The molecule has 0 aromatic heterocycles. The highest BCUT2D eigenvalue weighted by Gasteiger charge is 2.52. The van der Waals surface area contributed by atoms with Crippen molar-refractivity contribution in [2.24, 2.45) is 5.92 Å². The van der Waals surface area contributed by atoms with Gasteiger partial charge >= 0.3 is 13.2 Å². The van der Waals surface area contributed by atoms with Gasteiger partial charge in [-0.15, -0.1) is 0 Å². The van der Waals surface area contributed by atoms with E-state index in [1.165, 1.54) is 27.8 Å². The minimum absolute atomic E-state index is 0.0145. The monoisotopic (exact) mass is 537 g/mol. The molecule has 0 radical (unpaired) electrons. The van der Waals surface area contributed by atoms with Crippen molar-refractivity contribution in [3.05, 3.63) is 101 Å². The second-order valence-electron chi connectivity index (χ2n) is 12.3. The van der Waals surface area contributed by atoms with Gasteiger partial charge in [0.25, 0.3) is 0 Å². The van der Waals surface area contributed by atoms with Gasteiger partial charge in [0.2, 0.25) is 0 Å². The molecule has 1 heterocycles. The Morgan fingerprint density at radius 2 is 1.45 bits per heavy atom. The van der Waals surface area contributed by atoms with Crippen LogP contribution in [0, 0.1) is 5.92 Å². The van der Waals surface area contributed by atoms with Crippen molar-refractivity contribution in [1.29, 1.82) is 0 Å². The molecular formula is C34H40BNO4. The molecule has 1 aliphatic carbocycles. The molecule has 208 valence electrons. The molecule has 5 nitrogen and oxygen atoms in total. The van der Waals surface area contributed by atoms with E-state index in [0.29, 0.717) is 5.92 Å². The molecule has 1 amide bonds. The molecule has 2 aliphatic rings. The van der Waals surface area contributed by atoms with Gasteiger partial charge in [-0.3, -0.25) is 0 Å². The van der Waals surface area contributed by atoms with Crippen LogP contribution in [-0.4, -0.2) is 37.6 Å². The number of carbonyl (C=O) groups excluding carboxylic acids is 1. The van der Waals surface area contributed by atoms with Crippen molar-refractivity contribution in [2.75, 3.05) is 13.2 Å². The highest BCUT2D eigenvalue weighted by Crippen LogP contribution is 2.44. The van der Waals surface area contributed by atoms with E-state index in [4.69, 9.17) is 14.0 Å². The zero-order chi connectivity index (χ0) is 28.5. The summed E-state index contributed by atoms with van der Waals surface area (Å²) in [5.74, 6) is 0.615. The van der Waals surface area contributed by atoms with E-state index >= 15 is 0 Å². The maximum absolute atomic E-state index is 13.0. The van der Waals surface area contributed by atoms with E-state index in [-0.39, 0.29) is 19.1 Å². The molecule has 40 heavy (non-hydrogen) atoms. The van der Waals surface area contributed by atoms with E-state index in [1.54, 1.807) is 0 Å². The van der Waals surface area contributed by atoms with Gasteiger partial charge in [0, 0.05) is 12.5 Å². The van der Waals surface area contributed by atoms with Gasteiger partial charge < -0.3 is 19.4 Å². The summed E-state index contributed by atoms with van der Waals surface area (Å²) in [6.45, 7) is 13.1. The first-order chi connectivity index (χ1) is 19.0. The van der Waals surface area contributed by atoms with Crippen molar-refractivity contribution in [3.63, 3.8) is 0 Å². The fourth-order valence-corrected chi connectivity index (χ4v) is 5.46. The van der Waals surface area contributed by atoms with Gasteiger partial charge in [0.15, 0.2) is 0 Å². The highest BCUT2D eigenvalue weighted by molar-refractivity contribution is 6.56. The van der Waals surface area contributed by atoms with E-state index < -0.39 is 24.4 Å². The highest BCUT2D eigenvalue weighted by atomic mass is 16.7. The molecule has 3 aromatic rings. The topological polar surface area (TPSA) is 56.8 Å². The Morgan fingerprint density at radius 3 is 2.00 bits per heavy atom. The van der Waals surface area contributed by atoms with Crippen LogP contribution < -0.4 is 5.32 Å². The normalized spacial score (nSPS) is 17.6. The smallest absolute Gasteiger partial charge is 0.449 e. The minimum Gasteiger partial charge on any atom is -0.449 e. The number of fused-ring (bicyclic) bond motifs is 3. The zero-order valence-electron chi connectivity index (χ0n) is 24.5. The molecular weight excluding hydrogens is 497 g/mol. The number of hydrogen-bond acceptors (Lipinski definition) is 4. The molecule has 1 aliphatic heterocycles. The van der Waals surface area contributed by atoms with Crippen LogP contribution in [0.5, 0.6) is 0 Å². The third-order valence-corrected chi connectivity index (χ3v) is 8.31. The zero-order valence-corrected chi connectivity index (χ0v) is 24.5. The fraction of sp³-hybridized carbons (Fsp3) is 0.382. The maximum Gasteiger partial charge on any atom is 0.492 e.